The van der Waals surface area contributed by atoms with Gasteiger partial charge in [0.05, 0.1) is 12.7 Å². The Morgan fingerprint density at radius 3 is 3.10 bits per heavy atom. The maximum atomic E-state index is 6.03. The van der Waals surface area contributed by atoms with E-state index in [0.717, 1.165) is 38.3 Å². The molecule has 1 aliphatic carbocycles. The molecule has 2 aliphatic rings. The molecule has 3 heteroatoms. The minimum Gasteiger partial charge on any atom is -0.493 e. The smallest absolute Gasteiger partial charge is 0.122 e. The number of hydrogen-bond acceptors (Lipinski definition) is 3. The molecule has 0 radical (unpaired) electrons. The molecule has 1 heterocycles. The molecule has 1 aromatic carbocycles. The third-order valence-electron chi connectivity index (χ3n) is 4.40. The standard InChI is InChI=1S/C17H25NO2/c1-2-18-16-9-8-15-14(16)6-3-7-17(15)20-12-10-13-5-4-11-19-13/h3,6-7,13,16,18H,2,4-5,8-12H2,1H3. The molecule has 2 atom stereocenters. The summed E-state index contributed by atoms with van der Waals surface area (Å²) in [6, 6.07) is 6.98. The van der Waals surface area contributed by atoms with Crippen molar-refractivity contribution in [3.05, 3.63) is 29.3 Å². The highest BCUT2D eigenvalue weighted by Gasteiger charge is 2.24. The molecule has 0 aromatic heterocycles. The average molecular weight is 275 g/mol. The van der Waals surface area contributed by atoms with Crippen molar-refractivity contribution in [2.75, 3.05) is 19.8 Å². The van der Waals surface area contributed by atoms with E-state index < -0.39 is 0 Å². The molecule has 1 fully saturated rings. The van der Waals surface area contributed by atoms with Crippen LogP contribution in [-0.2, 0) is 11.2 Å². The first-order valence-corrected chi connectivity index (χ1v) is 7.98. The summed E-state index contributed by atoms with van der Waals surface area (Å²) in [7, 11) is 0. The lowest BCUT2D eigenvalue weighted by atomic mass is 10.1. The van der Waals surface area contributed by atoms with Gasteiger partial charge in [-0.05, 0) is 49.4 Å². The second kappa shape index (κ2) is 6.59. The van der Waals surface area contributed by atoms with Gasteiger partial charge in [-0.1, -0.05) is 19.1 Å². The van der Waals surface area contributed by atoms with Crippen molar-refractivity contribution in [1.29, 1.82) is 0 Å². The fourth-order valence-electron chi connectivity index (χ4n) is 3.39. The van der Waals surface area contributed by atoms with Gasteiger partial charge in [-0.3, -0.25) is 0 Å². The van der Waals surface area contributed by atoms with E-state index in [9.17, 15) is 0 Å². The molecule has 110 valence electrons. The van der Waals surface area contributed by atoms with Crippen LogP contribution >= 0.6 is 0 Å². The Balaban J connectivity index is 1.59. The summed E-state index contributed by atoms with van der Waals surface area (Å²) in [5, 5.41) is 3.55. The molecular formula is C17H25NO2. The Kier molecular flexibility index (Phi) is 4.58. The molecule has 1 saturated heterocycles. The predicted octanol–water partition coefficient (Wildman–Crippen LogP) is 3.23. The van der Waals surface area contributed by atoms with Crippen LogP contribution in [0.1, 0.15) is 49.8 Å². The minimum absolute atomic E-state index is 0.418. The van der Waals surface area contributed by atoms with Crippen molar-refractivity contribution in [3.8, 4) is 5.75 Å². The Hall–Kier alpha value is -1.06. The normalized spacial score (nSPS) is 24.9. The van der Waals surface area contributed by atoms with Crippen molar-refractivity contribution in [2.45, 2.75) is 51.2 Å². The minimum atomic E-state index is 0.418. The van der Waals surface area contributed by atoms with Crippen LogP contribution in [-0.4, -0.2) is 25.9 Å². The first-order chi connectivity index (χ1) is 9.88. The van der Waals surface area contributed by atoms with E-state index in [4.69, 9.17) is 9.47 Å². The fraction of sp³-hybridized carbons (Fsp3) is 0.647. The molecule has 1 aliphatic heterocycles. The van der Waals surface area contributed by atoms with Crippen molar-refractivity contribution in [3.63, 3.8) is 0 Å². The lowest BCUT2D eigenvalue weighted by Crippen LogP contribution is -2.18. The third-order valence-corrected chi connectivity index (χ3v) is 4.40. The second-order valence-electron chi connectivity index (χ2n) is 5.75. The van der Waals surface area contributed by atoms with E-state index in [-0.39, 0.29) is 0 Å². The summed E-state index contributed by atoms with van der Waals surface area (Å²) in [6.07, 6.45) is 6.15. The molecule has 1 N–H and O–H groups in total. The molecule has 0 spiro atoms. The monoisotopic (exact) mass is 275 g/mol. The maximum absolute atomic E-state index is 6.03. The summed E-state index contributed by atoms with van der Waals surface area (Å²) in [5.41, 5.74) is 2.84. The van der Waals surface area contributed by atoms with Gasteiger partial charge >= 0.3 is 0 Å². The third kappa shape index (κ3) is 2.99. The quantitative estimate of drug-likeness (QED) is 0.864. The highest BCUT2D eigenvalue weighted by molar-refractivity contribution is 5.45. The van der Waals surface area contributed by atoms with Crippen LogP contribution < -0.4 is 10.1 Å². The van der Waals surface area contributed by atoms with Crippen LogP contribution in [0.3, 0.4) is 0 Å². The Morgan fingerprint density at radius 2 is 2.30 bits per heavy atom. The zero-order valence-electron chi connectivity index (χ0n) is 12.4. The molecule has 1 aromatic rings. The van der Waals surface area contributed by atoms with Gasteiger partial charge in [0, 0.05) is 19.1 Å². The zero-order valence-corrected chi connectivity index (χ0v) is 12.4. The molecule has 0 saturated carbocycles. The van der Waals surface area contributed by atoms with Gasteiger partial charge in [0.25, 0.3) is 0 Å². The van der Waals surface area contributed by atoms with Crippen LogP contribution in [0.15, 0.2) is 18.2 Å². The van der Waals surface area contributed by atoms with E-state index in [1.54, 1.807) is 0 Å². The molecule has 2 unspecified atom stereocenters. The number of rotatable bonds is 6. The fourth-order valence-corrected chi connectivity index (χ4v) is 3.39. The zero-order chi connectivity index (χ0) is 13.8. The first kappa shape index (κ1) is 13.9. The van der Waals surface area contributed by atoms with Gasteiger partial charge in [0.1, 0.15) is 5.75 Å². The number of ether oxygens (including phenoxy) is 2. The van der Waals surface area contributed by atoms with Gasteiger partial charge in [-0.2, -0.15) is 0 Å². The topological polar surface area (TPSA) is 30.5 Å². The van der Waals surface area contributed by atoms with Gasteiger partial charge in [-0.15, -0.1) is 0 Å². The van der Waals surface area contributed by atoms with Gasteiger partial charge < -0.3 is 14.8 Å². The molecule has 3 nitrogen and oxygen atoms in total. The van der Waals surface area contributed by atoms with Crippen molar-refractivity contribution >= 4 is 0 Å². The molecule has 0 amide bonds. The van der Waals surface area contributed by atoms with Crippen LogP contribution in [0.4, 0.5) is 0 Å². The Labute approximate surface area is 121 Å². The van der Waals surface area contributed by atoms with E-state index >= 15 is 0 Å². The van der Waals surface area contributed by atoms with Gasteiger partial charge in [-0.25, -0.2) is 0 Å². The van der Waals surface area contributed by atoms with Crippen molar-refractivity contribution in [2.24, 2.45) is 0 Å². The number of fused-ring (bicyclic) bond motifs is 1. The van der Waals surface area contributed by atoms with Crippen LogP contribution in [0.5, 0.6) is 5.75 Å². The van der Waals surface area contributed by atoms with Gasteiger partial charge in [0.2, 0.25) is 0 Å². The number of benzene rings is 1. The summed E-state index contributed by atoms with van der Waals surface area (Å²) in [5.74, 6) is 1.08. The number of hydrogen-bond donors (Lipinski definition) is 1. The largest absolute Gasteiger partial charge is 0.493 e. The van der Waals surface area contributed by atoms with Crippen LogP contribution in [0.25, 0.3) is 0 Å². The van der Waals surface area contributed by atoms with E-state index in [2.05, 4.69) is 30.4 Å². The van der Waals surface area contributed by atoms with E-state index in [0.29, 0.717) is 12.1 Å². The SMILES string of the molecule is CCNC1CCc2c(OCCC3CCCO3)cccc21. The highest BCUT2D eigenvalue weighted by atomic mass is 16.5. The maximum Gasteiger partial charge on any atom is 0.122 e. The lowest BCUT2D eigenvalue weighted by Gasteiger charge is -2.15. The predicted molar refractivity (Wildman–Crippen MR) is 80.3 cm³/mol. The molecule has 3 rings (SSSR count). The molecule has 20 heavy (non-hydrogen) atoms. The van der Waals surface area contributed by atoms with Crippen molar-refractivity contribution < 1.29 is 9.47 Å². The van der Waals surface area contributed by atoms with Crippen LogP contribution in [0.2, 0.25) is 0 Å². The summed E-state index contributed by atoms with van der Waals surface area (Å²) in [6.45, 7) is 4.89. The molecular weight excluding hydrogens is 250 g/mol. The summed E-state index contributed by atoms with van der Waals surface area (Å²) < 4.78 is 11.7. The van der Waals surface area contributed by atoms with E-state index in [1.165, 1.54) is 30.4 Å². The first-order valence-electron chi connectivity index (χ1n) is 7.98. The van der Waals surface area contributed by atoms with E-state index in [1.807, 2.05) is 0 Å². The average Bonchev–Trinajstić information content (AvgIpc) is 3.10. The highest BCUT2D eigenvalue weighted by Crippen LogP contribution is 2.36. The molecule has 0 bridgehead atoms. The Morgan fingerprint density at radius 1 is 1.35 bits per heavy atom. The number of nitrogens with one attached hydrogen (secondary N) is 1. The summed E-state index contributed by atoms with van der Waals surface area (Å²) >= 11 is 0. The van der Waals surface area contributed by atoms with Gasteiger partial charge in [0.15, 0.2) is 0 Å². The Bertz CT molecular complexity index is 441. The summed E-state index contributed by atoms with van der Waals surface area (Å²) in [4.78, 5) is 0. The second-order valence-corrected chi connectivity index (χ2v) is 5.75. The van der Waals surface area contributed by atoms with Crippen molar-refractivity contribution in [1.82, 2.24) is 5.32 Å². The van der Waals surface area contributed by atoms with Crippen LogP contribution in [0, 0.1) is 0 Å². The lowest BCUT2D eigenvalue weighted by molar-refractivity contribution is 0.0902.